The Morgan fingerprint density at radius 1 is 1.03 bits per heavy atom. The number of hydrogen-bond donors (Lipinski definition) is 1. The number of benzene rings is 2. The van der Waals surface area contributed by atoms with Crippen LogP contribution >= 0.6 is 0 Å². The van der Waals surface area contributed by atoms with Crippen molar-refractivity contribution in [3.63, 3.8) is 0 Å². The molecule has 1 amide bonds. The molecule has 0 radical (unpaired) electrons. The van der Waals surface area contributed by atoms with Crippen LogP contribution in [0, 0.1) is 10.1 Å². The molecule has 3 heterocycles. The average molecular weight is 426 g/mol. The van der Waals surface area contributed by atoms with Gasteiger partial charge in [-0.15, -0.1) is 0 Å². The summed E-state index contributed by atoms with van der Waals surface area (Å²) < 4.78 is 3.11. The zero-order valence-corrected chi connectivity index (χ0v) is 16.4. The first-order valence-corrected chi connectivity index (χ1v) is 9.43. The number of nitrogens with one attached hydrogen (secondary N) is 1. The van der Waals surface area contributed by atoms with Crippen LogP contribution in [0.5, 0.6) is 0 Å². The van der Waals surface area contributed by atoms with E-state index < -0.39 is 10.8 Å². The molecule has 0 saturated carbocycles. The largest absolute Gasteiger partial charge is 0.321 e. The molecule has 156 valence electrons. The van der Waals surface area contributed by atoms with E-state index in [0.717, 1.165) is 11.0 Å². The van der Waals surface area contributed by atoms with Gasteiger partial charge >= 0.3 is 0 Å². The van der Waals surface area contributed by atoms with E-state index in [4.69, 9.17) is 0 Å². The zero-order valence-electron chi connectivity index (χ0n) is 16.4. The summed E-state index contributed by atoms with van der Waals surface area (Å²) in [5, 5.41) is 18.1. The maximum Gasteiger partial charge on any atom is 0.295 e. The zero-order chi connectivity index (χ0) is 22.1. The second-order valence-corrected chi connectivity index (χ2v) is 6.76. The van der Waals surface area contributed by atoms with Gasteiger partial charge in [-0.25, -0.2) is 19.6 Å². The molecule has 0 aliphatic heterocycles. The lowest BCUT2D eigenvalue weighted by Gasteiger charge is -2.08. The highest BCUT2D eigenvalue weighted by molar-refractivity contribution is 6.04. The number of para-hydroxylation sites is 2. The van der Waals surface area contributed by atoms with Crippen molar-refractivity contribution < 1.29 is 9.72 Å². The fraction of sp³-hybridized carbons (Fsp3) is 0. The van der Waals surface area contributed by atoms with Gasteiger partial charge in [0.1, 0.15) is 30.5 Å². The SMILES string of the molecule is O=C(Nc1ccc(-n2cnc3ccccc32)nc1)c1ccc(-n2cncn2)c([N+](=O)[O-])c1. The molecule has 5 rings (SSSR count). The number of fused-ring (bicyclic) bond motifs is 1. The third-order valence-corrected chi connectivity index (χ3v) is 4.81. The Balaban J connectivity index is 1.38. The molecule has 5 aromatic rings. The Kier molecular flexibility index (Phi) is 4.60. The number of amides is 1. The maximum atomic E-state index is 12.7. The Bertz CT molecular complexity index is 1440. The molecule has 0 atom stereocenters. The fourth-order valence-corrected chi connectivity index (χ4v) is 3.28. The summed E-state index contributed by atoms with van der Waals surface area (Å²) in [6.45, 7) is 0. The summed E-state index contributed by atoms with van der Waals surface area (Å²) in [5.41, 5.74) is 2.29. The first kappa shape index (κ1) is 19.1. The normalized spacial score (nSPS) is 10.9. The molecule has 11 nitrogen and oxygen atoms in total. The summed E-state index contributed by atoms with van der Waals surface area (Å²) in [6, 6.07) is 15.3. The number of nitrogens with zero attached hydrogens (tertiary/aromatic N) is 7. The summed E-state index contributed by atoms with van der Waals surface area (Å²) in [5.74, 6) is 0.144. The first-order chi connectivity index (χ1) is 15.6. The first-order valence-electron chi connectivity index (χ1n) is 9.43. The third-order valence-electron chi connectivity index (χ3n) is 4.81. The van der Waals surface area contributed by atoms with E-state index in [9.17, 15) is 14.9 Å². The van der Waals surface area contributed by atoms with Gasteiger partial charge < -0.3 is 5.32 Å². The molecular weight excluding hydrogens is 412 g/mol. The van der Waals surface area contributed by atoms with E-state index in [1.54, 1.807) is 18.5 Å². The number of hydrogen-bond acceptors (Lipinski definition) is 7. The standard InChI is InChI=1S/C21H14N8O3/c30-21(14-5-7-18(19(9-14)29(31)32)28-12-22-11-25-28)26-15-6-8-20(23-10-15)27-13-24-16-3-1-2-4-17(16)27/h1-13H,(H,26,30). The second kappa shape index (κ2) is 7.72. The van der Waals surface area contributed by atoms with Crippen molar-refractivity contribution in [3.8, 4) is 11.5 Å². The van der Waals surface area contributed by atoms with Crippen LogP contribution in [0.2, 0.25) is 0 Å². The van der Waals surface area contributed by atoms with Gasteiger partial charge in [0.15, 0.2) is 0 Å². The van der Waals surface area contributed by atoms with Crippen LogP contribution in [0.1, 0.15) is 10.4 Å². The molecule has 0 saturated heterocycles. The number of anilines is 1. The highest BCUT2D eigenvalue weighted by atomic mass is 16.6. The molecule has 0 spiro atoms. The van der Waals surface area contributed by atoms with Crippen molar-refractivity contribution in [2.24, 2.45) is 0 Å². The molecule has 0 aliphatic rings. The molecular formula is C21H14N8O3. The van der Waals surface area contributed by atoms with Gasteiger partial charge in [0.2, 0.25) is 0 Å². The van der Waals surface area contributed by atoms with Gasteiger partial charge in [-0.3, -0.25) is 19.5 Å². The van der Waals surface area contributed by atoms with Gasteiger partial charge in [-0.2, -0.15) is 5.10 Å². The number of imidazole rings is 1. The van der Waals surface area contributed by atoms with E-state index in [-0.39, 0.29) is 16.9 Å². The van der Waals surface area contributed by atoms with Gasteiger partial charge in [0.25, 0.3) is 11.6 Å². The number of carbonyl (C=O) groups excluding carboxylic acids is 1. The van der Waals surface area contributed by atoms with E-state index in [1.807, 2.05) is 28.8 Å². The van der Waals surface area contributed by atoms with E-state index in [2.05, 4.69) is 25.4 Å². The number of nitro groups is 1. The van der Waals surface area contributed by atoms with Crippen LogP contribution < -0.4 is 5.32 Å². The summed E-state index contributed by atoms with van der Waals surface area (Å²) in [4.78, 5) is 36.1. The van der Waals surface area contributed by atoms with Crippen LogP contribution in [-0.4, -0.2) is 40.1 Å². The topological polar surface area (TPSA) is 134 Å². The van der Waals surface area contributed by atoms with Crippen molar-refractivity contribution in [1.29, 1.82) is 0 Å². The minimum absolute atomic E-state index is 0.130. The second-order valence-electron chi connectivity index (χ2n) is 6.76. The van der Waals surface area contributed by atoms with Crippen LogP contribution in [0.25, 0.3) is 22.5 Å². The summed E-state index contributed by atoms with van der Waals surface area (Å²) in [7, 11) is 0. The number of aromatic nitrogens is 6. The van der Waals surface area contributed by atoms with Gasteiger partial charge in [0, 0.05) is 11.6 Å². The lowest BCUT2D eigenvalue weighted by Crippen LogP contribution is -2.13. The minimum Gasteiger partial charge on any atom is -0.321 e. The molecule has 0 fully saturated rings. The summed E-state index contributed by atoms with van der Waals surface area (Å²) >= 11 is 0. The van der Waals surface area contributed by atoms with Crippen molar-refractivity contribution >= 4 is 28.3 Å². The highest BCUT2D eigenvalue weighted by Gasteiger charge is 2.19. The monoisotopic (exact) mass is 426 g/mol. The Labute approximate surface area is 180 Å². The van der Waals surface area contributed by atoms with Crippen molar-refractivity contribution in [3.05, 3.63) is 95.5 Å². The van der Waals surface area contributed by atoms with Gasteiger partial charge in [-0.1, -0.05) is 12.1 Å². The van der Waals surface area contributed by atoms with Gasteiger partial charge in [-0.05, 0) is 36.4 Å². The summed E-state index contributed by atoms with van der Waals surface area (Å²) in [6.07, 6.45) is 5.81. The van der Waals surface area contributed by atoms with Crippen LogP contribution in [0.15, 0.2) is 79.8 Å². The molecule has 2 aromatic carbocycles. The van der Waals surface area contributed by atoms with Crippen molar-refractivity contribution in [1.82, 2.24) is 29.3 Å². The molecule has 0 unspecified atom stereocenters. The molecule has 32 heavy (non-hydrogen) atoms. The molecule has 3 aromatic heterocycles. The smallest absolute Gasteiger partial charge is 0.295 e. The van der Waals surface area contributed by atoms with Crippen LogP contribution in [-0.2, 0) is 0 Å². The molecule has 0 bridgehead atoms. The van der Waals surface area contributed by atoms with E-state index in [0.29, 0.717) is 11.5 Å². The minimum atomic E-state index is -0.570. The molecule has 11 heteroatoms. The number of nitro benzene ring substituents is 1. The number of carbonyl (C=O) groups is 1. The Morgan fingerprint density at radius 3 is 2.66 bits per heavy atom. The van der Waals surface area contributed by atoms with E-state index >= 15 is 0 Å². The lowest BCUT2D eigenvalue weighted by molar-refractivity contribution is -0.384. The maximum absolute atomic E-state index is 12.7. The highest BCUT2D eigenvalue weighted by Crippen LogP contribution is 2.24. The predicted octanol–water partition coefficient (Wildman–Crippen LogP) is 3.16. The van der Waals surface area contributed by atoms with Crippen molar-refractivity contribution in [2.45, 2.75) is 0 Å². The Hall–Kier alpha value is -4.93. The molecule has 0 aliphatic carbocycles. The van der Waals surface area contributed by atoms with Crippen molar-refractivity contribution in [2.75, 3.05) is 5.32 Å². The lowest BCUT2D eigenvalue weighted by atomic mass is 10.1. The number of pyridine rings is 1. The average Bonchev–Trinajstić information content (AvgIpc) is 3.49. The predicted molar refractivity (Wildman–Crippen MR) is 115 cm³/mol. The van der Waals surface area contributed by atoms with Gasteiger partial charge in [0.05, 0.1) is 27.8 Å². The molecule has 1 N–H and O–H groups in total. The fourth-order valence-electron chi connectivity index (χ4n) is 3.28. The third kappa shape index (κ3) is 3.43. The van der Waals surface area contributed by atoms with E-state index in [1.165, 1.54) is 41.7 Å². The Morgan fingerprint density at radius 2 is 1.91 bits per heavy atom. The van der Waals surface area contributed by atoms with Crippen LogP contribution in [0.4, 0.5) is 11.4 Å². The number of rotatable bonds is 5. The van der Waals surface area contributed by atoms with Crippen LogP contribution in [0.3, 0.4) is 0 Å². The quantitative estimate of drug-likeness (QED) is 0.337.